The lowest BCUT2D eigenvalue weighted by Crippen LogP contribution is -2.47. The number of carbonyl (C=O) groups is 2. The summed E-state index contributed by atoms with van der Waals surface area (Å²) in [5.41, 5.74) is 6.91. The fourth-order valence-electron chi connectivity index (χ4n) is 2.63. The van der Waals surface area contributed by atoms with Crippen molar-refractivity contribution < 1.29 is 14.3 Å². The molecule has 2 amide bonds. The van der Waals surface area contributed by atoms with Crippen LogP contribution in [0, 0.1) is 5.92 Å². The van der Waals surface area contributed by atoms with Gasteiger partial charge in [-0.1, -0.05) is 44.2 Å². The van der Waals surface area contributed by atoms with Crippen LogP contribution in [0.4, 0.5) is 4.79 Å². The lowest BCUT2D eigenvalue weighted by molar-refractivity contribution is -0.133. The summed E-state index contributed by atoms with van der Waals surface area (Å²) < 4.78 is 5.36. The van der Waals surface area contributed by atoms with Gasteiger partial charge in [0.15, 0.2) is 0 Å². The van der Waals surface area contributed by atoms with E-state index in [0.717, 1.165) is 12.0 Å². The van der Waals surface area contributed by atoms with Crippen LogP contribution in [0.5, 0.6) is 0 Å². The lowest BCUT2D eigenvalue weighted by Gasteiger charge is -2.26. The fraction of sp³-hybridized carbons (Fsp3) is 0.556. The van der Waals surface area contributed by atoms with E-state index in [9.17, 15) is 9.59 Å². The van der Waals surface area contributed by atoms with E-state index >= 15 is 0 Å². The van der Waals surface area contributed by atoms with Gasteiger partial charge < -0.3 is 20.3 Å². The summed E-state index contributed by atoms with van der Waals surface area (Å²) in [5.74, 6) is 0.0668. The molecule has 1 fully saturated rings. The predicted molar refractivity (Wildman–Crippen MR) is 92.2 cm³/mol. The van der Waals surface area contributed by atoms with Gasteiger partial charge in [-0.25, -0.2) is 4.79 Å². The number of benzene rings is 1. The molecule has 1 aliphatic heterocycles. The maximum atomic E-state index is 12.3. The van der Waals surface area contributed by atoms with E-state index in [1.165, 1.54) is 0 Å². The highest BCUT2D eigenvalue weighted by Gasteiger charge is 2.27. The van der Waals surface area contributed by atoms with E-state index < -0.39 is 6.04 Å². The van der Waals surface area contributed by atoms with Crippen molar-refractivity contribution in [2.45, 2.75) is 32.9 Å². The average molecular weight is 333 g/mol. The van der Waals surface area contributed by atoms with Crippen LogP contribution in [0.2, 0.25) is 0 Å². The number of hydrogen-bond acceptors (Lipinski definition) is 4. The SMILES string of the molecule is CC(C)C(N)C(=O)N1CCCN(C(=O)OCc2ccccc2)CC1. The second kappa shape index (κ2) is 8.68. The number of ether oxygens (including phenoxy) is 1. The quantitative estimate of drug-likeness (QED) is 0.912. The van der Waals surface area contributed by atoms with Gasteiger partial charge >= 0.3 is 6.09 Å². The molecule has 132 valence electrons. The Morgan fingerprint density at radius 2 is 1.71 bits per heavy atom. The minimum absolute atomic E-state index is 0.0375. The van der Waals surface area contributed by atoms with Gasteiger partial charge in [-0.3, -0.25) is 4.79 Å². The van der Waals surface area contributed by atoms with Gasteiger partial charge in [0.2, 0.25) is 5.91 Å². The van der Waals surface area contributed by atoms with Crippen LogP contribution < -0.4 is 5.73 Å². The van der Waals surface area contributed by atoms with E-state index in [4.69, 9.17) is 10.5 Å². The molecule has 0 spiro atoms. The molecule has 2 rings (SSSR count). The molecular formula is C18H27N3O3. The van der Waals surface area contributed by atoms with Gasteiger partial charge in [0.1, 0.15) is 6.61 Å². The molecule has 2 N–H and O–H groups in total. The van der Waals surface area contributed by atoms with Crippen LogP contribution in [-0.2, 0) is 16.1 Å². The molecule has 1 aliphatic rings. The number of carbonyl (C=O) groups excluding carboxylic acids is 2. The van der Waals surface area contributed by atoms with Crippen LogP contribution >= 0.6 is 0 Å². The second-order valence-electron chi connectivity index (χ2n) is 6.48. The van der Waals surface area contributed by atoms with Crippen molar-refractivity contribution in [2.75, 3.05) is 26.2 Å². The van der Waals surface area contributed by atoms with Crippen LogP contribution in [0.25, 0.3) is 0 Å². The molecule has 24 heavy (non-hydrogen) atoms. The maximum absolute atomic E-state index is 12.3. The molecule has 1 saturated heterocycles. The van der Waals surface area contributed by atoms with E-state index in [1.54, 1.807) is 9.80 Å². The Kier molecular flexibility index (Phi) is 6.61. The zero-order chi connectivity index (χ0) is 17.5. The highest BCUT2D eigenvalue weighted by atomic mass is 16.6. The average Bonchev–Trinajstić information content (AvgIpc) is 2.85. The van der Waals surface area contributed by atoms with Crippen molar-refractivity contribution in [3.63, 3.8) is 0 Å². The van der Waals surface area contributed by atoms with Crippen molar-refractivity contribution in [2.24, 2.45) is 11.7 Å². The molecule has 0 bridgehead atoms. The first-order valence-corrected chi connectivity index (χ1v) is 8.49. The third kappa shape index (κ3) is 4.96. The van der Waals surface area contributed by atoms with Crippen molar-refractivity contribution in [3.8, 4) is 0 Å². The first kappa shape index (κ1) is 18.3. The Balaban J connectivity index is 1.84. The number of rotatable bonds is 4. The number of nitrogens with zero attached hydrogens (tertiary/aromatic N) is 2. The minimum Gasteiger partial charge on any atom is -0.445 e. The van der Waals surface area contributed by atoms with Gasteiger partial charge in [-0.05, 0) is 17.9 Å². The van der Waals surface area contributed by atoms with Gasteiger partial charge in [0, 0.05) is 26.2 Å². The van der Waals surface area contributed by atoms with Gasteiger partial charge in [0.05, 0.1) is 6.04 Å². The molecule has 1 aromatic carbocycles. The van der Waals surface area contributed by atoms with E-state index in [2.05, 4.69) is 0 Å². The Morgan fingerprint density at radius 3 is 2.38 bits per heavy atom. The molecule has 0 radical (unpaired) electrons. The molecule has 6 nitrogen and oxygen atoms in total. The maximum Gasteiger partial charge on any atom is 0.410 e. The molecule has 1 aromatic rings. The Bertz CT molecular complexity index is 548. The lowest BCUT2D eigenvalue weighted by atomic mass is 10.0. The zero-order valence-electron chi connectivity index (χ0n) is 14.5. The second-order valence-corrected chi connectivity index (χ2v) is 6.48. The van der Waals surface area contributed by atoms with Crippen LogP contribution in [-0.4, -0.2) is 54.0 Å². The van der Waals surface area contributed by atoms with E-state index in [-0.39, 0.29) is 24.5 Å². The van der Waals surface area contributed by atoms with Crippen LogP contribution in [0.15, 0.2) is 30.3 Å². The van der Waals surface area contributed by atoms with E-state index in [1.807, 2.05) is 44.2 Å². The summed E-state index contributed by atoms with van der Waals surface area (Å²) in [6.07, 6.45) is 0.401. The molecule has 1 heterocycles. The summed E-state index contributed by atoms with van der Waals surface area (Å²) in [6.45, 7) is 6.33. The van der Waals surface area contributed by atoms with E-state index in [0.29, 0.717) is 26.2 Å². The molecule has 6 heteroatoms. The van der Waals surface area contributed by atoms with Crippen molar-refractivity contribution in [3.05, 3.63) is 35.9 Å². The summed E-state index contributed by atoms with van der Waals surface area (Å²) in [5, 5.41) is 0. The van der Waals surface area contributed by atoms with Gasteiger partial charge in [-0.15, -0.1) is 0 Å². The summed E-state index contributed by atoms with van der Waals surface area (Å²) in [4.78, 5) is 28.0. The molecule has 0 saturated carbocycles. The Hall–Kier alpha value is -2.08. The minimum atomic E-state index is -0.485. The first-order chi connectivity index (χ1) is 11.5. The monoisotopic (exact) mass is 333 g/mol. The predicted octanol–water partition coefficient (Wildman–Crippen LogP) is 1.84. The highest BCUT2D eigenvalue weighted by molar-refractivity contribution is 5.82. The Labute approximate surface area is 143 Å². The highest BCUT2D eigenvalue weighted by Crippen LogP contribution is 2.10. The third-order valence-corrected chi connectivity index (χ3v) is 4.27. The topological polar surface area (TPSA) is 75.9 Å². The van der Waals surface area contributed by atoms with Gasteiger partial charge in [0.25, 0.3) is 0 Å². The molecule has 1 atom stereocenters. The standard InChI is InChI=1S/C18H27N3O3/c1-14(2)16(19)17(22)20-9-6-10-21(12-11-20)18(23)24-13-15-7-4-3-5-8-15/h3-5,7-8,14,16H,6,9-13,19H2,1-2H3. The molecule has 0 aromatic heterocycles. The summed E-state index contributed by atoms with van der Waals surface area (Å²) in [7, 11) is 0. The van der Waals surface area contributed by atoms with Crippen molar-refractivity contribution >= 4 is 12.0 Å². The normalized spacial score (nSPS) is 16.7. The van der Waals surface area contributed by atoms with Crippen LogP contribution in [0.3, 0.4) is 0 Å². The summed E-state index contributed by atoms with van der Waals surface area (Å²) in [6, 6.07) is 9.11. The number of nitrogens with two attached hydrogens (primary N) is 1. The molecule has 0 aliphatic carbocycles. The summed E-state index contributed by atoms with van der Waals surface area (Å²) >= 11 is 0. The molecular weight excluding hydrogens is 306 g/mol. The van der Waals surface area contributed by atoms with Crippen LogP contribution in [0.1, 0.15) is 25.8 Å². The number of amides is 2. The Morgan fingerprint density at radius 1 is 1.08 bits per heavy atom. The molecule has 1 unspecified atom stereocenters. The number of hydrogen-bond donors (Lipinski definition) is 1. The van der Waals surface area contributed by atoms with Crippen molar-refractivity contribution in [1.29, 1.82) is 0 Å². The smallest absolute Gasteiger partial charge is 0.410 e. The largest absolute Gasteiger partial charge is 0.445 e. The fourth-order valence-corrected chi connectivity index (χ4v) is 2.63. The third-order valence-electron chi connectivity index (χ3n) is 4.27. The van der Waals surface area contributed by atoms with Crippen molar-refractivity contribution in [1.82, 2.24) is 9.80 Å². The zero-order valence-corrected chi connectivity index (χ0v) is 14.5. The first-order valence-electron chi connectivity index (χ1n) is 8.49. The van der Waals surface area contributed by atoms with Gasteiger partial charge in [-0.2, -0.15) is 0 Å².